The van der Waals surface area contributed by atoms with E-state index in [0.29, 0.717) is 6.10 Å². The van der Waals surface area contributed by atoms with Gasteiger partial charge in [-0.05, 0) is 37.8 Å². The monoisotopic (exact) mass is 162 g/mol. The van der Waals surface area contributed by atoms with Crippen LogP contribution >= 0.6 is 0 Å². The Morgan fingerprint density at radius 1 is 1.33 bits per heavy atom. The molecule has 1 unspecified atom stereocenters. The Morgan fingerprint density at radius 3 is 3.08 bits per heavy atom. The van der Waals surface area contributed by atoms with Gasteiger partial charge in [0.15, 0.2) is 0 Å². The molecule has 0 saturated carbocycles. The van der Waals surface area contributed by atoms with E-state index in [4.69, 9.17) is 4.74 Å². The third-order valence-corrected chi connectivity index (χ3v) is 2.33. The molecule has 0 aromatic rings. The van der Waals surface area contributed by atoms with Gasteiger partial charge in [0.25, 0.3) is 0 Å². The van der Waals surface area contributed by atoms with Crippen molar-refractivity contribution in [3.63, 3.8) is 0 Å². The first-order valence-electron chi connectivity index (χ1n) is 4.59. The van der Waals surface area contributed by atoms with E-state index in [2.05, 4.69) is 31.2 Å². The van der Waals surface area contributed by atoms with E-state index in [1.165, 1.54) is 5.57 Å². The van der Waals surface area contributed by atoms with E-state index < -0.39 is 0 Å². The van der Waals surface area contributed by atoms with Crippen molar-refractivity contribution in [1.29, 1.82) is 0 Å². The predicted molar refractivity (Wildman–Crippen MR) is 49.7 cm³/mol. The average molecular weight is 162 g/mol. The molecule has 0 bridgehead atoms. The zero-order valence-corrected chi connectivity index (χ0v) is 7.42. The molecule has 0 aromatic heterocycles. The average Bonchev–Trinajstić information content (AvgIpc) is 2.28. The maximum absolute atomic E-state index is 5.71. The van der Waals surface area contributed by atoms with Gasteiger partial charge in [-0.1, -0.05) is 18.2 Å². The molecule has 2 aliphatic rings. The first-order valence-corrected chi connectivity index (χ1v) is 4.59. The van der Waals surface area contributed by atoms with Crippen LogP contribution < -0.4 is 0 Å². The molecule has 1 nitrogen and oxygen atoms in total. The fourth-order valence-electron chi connectivity index (χ4n) is 1.61. The van der Waals surface area contributed by atoms with Crippen molar-refractivity contribution in [2.24, 2.45) is 0 Å². The van der Waals surface area contributed by atoms with E-state index >= 15 is 0 Å². The fourth-order valence-corrected chi connectivity index (χ4v) is 1.61. The van der Waals surface area contributed by atoms with Gasteiger partial charge in [0.2, 0.25) is 0 Å². The molecule has 64 valence electrons. The third kappa shape index (κ3) is 1.45. The molecule has 0 saturated heterocycles. The van der Waals surface area contributed by atoms with E-state index in [0.717, 1.165) is 25.0 Å². The molecule has 1 heterocycles. The second kappa shape index (κ2) is 3.18. The van der Waals surface area contributed by atoms with Gasteiger partial charge in [-0.25, -0.2) is 0 Å². The summed E-state index contributed by atoms with van der Waals surface area (Å²) in [6.07, 6.45) is 12.4. The Morgan fingerprint density at radius 2 is 2.17 bits per heavy atom. The highest BCUT2D eigenvalue weighted by atomic mass is 16.5. The van der Waals surface area contributed by atoms with Crippen LogP contribution in [0.15, 0.2) is 35.6 Å². The van der Waals surface area contributed by atoms with Crippen molar-refractivity contribution in [2.45, 2.75) is 32.3 Å². The number of hydrogen-bond acceptors (Lipinski definition) is 1. The van der Waals surface area contributed by atoms with Gasteiger partial charge < -0.3 is 4.74 Å². The minimum atomic E-state index is 0.389. The van der Waals surface area contributed by atoms with Crippen molar-refractivity contribution in [1.82, 2.24) is 0 Å². The van der Waals surface area contributed by atoms with Gasteiger partial charge >= 0.3 is 0 Å². The van der Waals surface area contributed by atoms with Crippen molar-refractivity contribution >= 4 is 0 Å². The Labute approximate surface area is 73.4 Å². The van der Waals surface area contributed by atoms with Crippen LogP contribution in [0.25, 0.3) is 0 Å². The van der Waals surface area contributed by atoms with Crippen LogP contribution in [-0.4, -0.2) is 6.10 Å². The van der Waals surface area contributed by atoms with Gasteiger partial charge in [0.1, 0.15) is 5.76 Å². The second-order valence-corrected chi connectivity index (χ2v) is 3.40. The highest BCUT2D eigenvalue weighted by molar-refractivity contribution is 5.33. The molecule has 0 spiro atoms. The SMILES string of the molecule is CC1CCC2=C(C=CCC=C2)O1. The Balaban J connectivity index is 2.27. The van der Waals surface area contributed by atoms with Gasteiger partial charge in [0, 0.05) is 0 Å². The van der Waals surface area contributed by atoms with Gasteiger partial charge in [-0.3, -0.25) is 0 Å². The highest BCUT2D eigenvalue weighted by Gasteiger charge is 2.15. The summed E-state index contributed by atoms with van der Waals surface area (Å²) in [5, 5.41) is 0. The van der Waals surface area contributed by atoms with Crippen LogP contribution in [0.2, 0.25) is 0 Å². The molecule has 0 N–H and O–H groups in total. The van der Waals surface area contributed by atoms with Crippen LogP contribution in [0, 0.1) is 0 Å². The van der Waals surface area contributed by atoms with Gasteiger partial charge in [0.05, 0.1) is 6.10 Å². The summed E-state index contributed by atoms with van der Waals surface area (Å²) in [5.74, 6) is 1.09. The van der Waals surface area contributed by atoms with Crippen LogP contribution in [0.3, 0.4) is 0 Å². The quantitative estimate of drug-likeness (QED) is 0.532. The summed E-state index contributed by atoms with van der Waals surface area (Å²) in [5.41, 5.74) is 1.36. The van der Waals surface area contributed by atoms with E-state index in [-0.39, 0.29) is 0 Å². The zero-order chi connectivity index (χ0) is 8.39. The molecular formula is C11H14O. The Hall–Kier alpha value is -0.980. The van der Waals surface area contributed by atoms with E-state index in [9.17, 15) is 0 Å². The maximum atomic E-state index is 5.71. The van der Waals surface area contributed by atoms with Crippen molar-refractivity contribution < 1.29 is 4.74 Å². The summed E-state index contributed by atoms with van der Waals surface area (Å²) in [6, 6.07) is 0. The Kier molecular flexibility index (Phi) is 2.03. The van der Waals surface area contributed by atoms with Gasteiger partial charge in [-0.15, -0.1) is 0 Å². The zero-order valence-electron chi connectivity index (χ0n) is 7.42. The normalized spacial score (nSPS) is 27.9. The molecule has 2 rings (SSSR count). The fraction of sp³-hybridized carbons (Fsp3) is 0.455. The summed E-state index contributed by atoms with van der Waals surface area (Å²) in [7, 11) is 0. The summed E-state index contributed by atoms with van der Waals surface area (Å²) in [6.45, 7) is 2.13. The standard InChI is InChI=1S/C11H14O/c1-9-7-8-10-5-3-2-4-6-11(10)12-9/h3-6,9H,2,7-8H2,1H3. The summed E-state index contributed by atoms with van der Waals surface area (Å²) >= 11 is 0. The molecule has 1 aliphatic heterocycles. The molecule has 0 radical (unpaired) electrons. The van der Waals surface area contributed by atoms with Crippen LogP contribution in [0.5, 0.6) is 0 Å². The smallest absolute Gasteiger partial charge is 0.122 e. The molecule has 1 atom stereocenters. The second-order valence-electron chi connectivity index (χ2n) is 3.40. The largest absolute Gasteiger partial charge is 0.490 e. The van der Waals surface area contributed by atoms with E-state index in [1.807, 2.05) is 0 Å². The number of allylic oxidation sites excluding steroid dienone is 5. The van der Waals surface area contributed by atoms with Crippen molar-refractivity contribution in [3.8, 4) is 0 Å². The summed E-state index contributed by atoms with van der Waals surface area (Å²) < 4.78 is 5.71. The first-order chi connectivity index (χ1) is 5.86. The molecular weight excluding hydrogens is 148 g/mol. The maximum Gasteiger partial charge on any atom is 0.122 e. The number of ether oxygens (including phenoxy) is 1. The van der Waals surface area contributed by atoms with Crippen molar-refractivity contribution in [3.05, 3.63) is 35.6 Å². The van der Waals surface area contributed by atoms with Crippen molar-refractivity contribution in [2.75, 3.05) is 0 Å². The highest BCUT2D eigenvalue weighted by Crippen LogP contribution is 2.26. The predicted octanol–water partition coefficient (Wildman–Crippen LogP) is 2.96. The lowest BCUT2D eigenvalue weighted by Crippen LogP contribution is -2.13. The Bertz CT molecular complexity index is 258. The van der Waals surface area contributed by atoms with E-state index in [1.54, 1.807) is 0 Å². The first kappa shape index (κ1) is 7.66. The lowest BCUT2D eigenvalue weighted by molar-refractivity contribution is 0.117. The lowest BCUT2D eigenvalue weighted by atomic mass is 10.0. The molecule has 0 amide bonds. The number of rotatable bonds is 0. The third-order valence-electron chi connectivity index (χ3n) is 2.33. The molecule has 1 heteroatoms. The molecule has 1 aliphatic carbocycles. The topological polar surface area (TPSA) is 9.23 Å². The number of hydrogen-bond donors (Lipinski definition) is 0. The minimum absolute atomic E-state index is 0.389. The minimum Gasteiger partial charge on any atom is -0.490 e. The van der Waals surface area contributed by atoms with Crippen LogP contribution in [0.1, 0.15) is 26.2 Å². The lowest BCUT2D eigenvalue weighted by Gasteiger charge is -2.22. The van der Waals surface area contributed by atoms with Crippen LogP contribution in [0.4, 0.5) is 0 Å². The summed E-state index contributed by atoms with van der Waals surface area (Å²) in [4.78, 5) is 0. The van der Waals surface area contributed by atoms with Crippen LogP contribution in [-0.2, 0) is 4.74 Å². The molecule has 0 aromatic carbocycles. The van der Waals surface area contributed by atoms with Gasteiger partial charge in [-0.2, -0.15) is 0 Å². The molecule has 0 fully saturated rings. The molecule has 12 heavy (non-hydrogen) atoms.